The smallest absolute Gasteiger partial charge is 0.134 e. The van der Waals surface area contributed by atoms with Gasteiger partial charge >= 0.3 is 0 Å². The number of benzene rings is 1. The molecule has 0 amide bonds. The highest BCUT2D eigenvalue weighted by Crippen LogP contribution is 2.26. The summed E-state index contributed by atoms with van der Waals surface area (Å²) in [7, 11) is 0. The van der Waals surface area contributed by atoms with E-state index in [1.165, 1.54) is 16.7 Å². The molecular weight excluding hydrogens is 358 g/mol. The van der Waals surface area contributed by atoms with Crippen molar-refractivity contribution >= 4 is 23.2 Å². The molecule has 0 aliphatic carbocycles. The third kappa shape index (κ3) is 3.88. The molecular formula is C21H22ClN5. The van der Waals surface area contributed by atoms with E-state index in [0.717, 1.165) is 47.4 Å². The minimum Gasteiger partial charge on any atom is -0.366 e. The Morgan fingerprint density at radius 1 is 1.11 bits per heavy atom. The Bertz CT molecular complexity index is 955. The van der Waals surface area contributed by atoms with Gasteiger partial charge in [-0.15, -0.1) is 0 Å². The van der Waals surface area contributed by atoms with Crippen molar-refractivity contribution in [1.29, 1.82) is 0 Å². The van der Waals surface area contributed by atoms with Gasteiger partial charge in [-0.2, -0.15) is 0 Å². The van der Waals surface area contributed by atoms with Crippen LogP contribution in [0.5, 0.6) is 0 Å². The number of nitrogens with zero attached hydrogens (tertiary/aromatic N) is 4. The average Bonchev–Trinajstić information content (AvgIpc) is 2.67. The summed E-state index contributed by atoms with van der Waals surface area (Å²) in [5, 5.41) is 4.25. The molecule has 0 saturated heterocycles. The van der Waals surface area contributed by atoms with Gasteiger partial charge in [-0.05, 0) is 48.7 Å². The standard InChI is InChI=1S/C21H22ClN5/c1-14-3-6-20(23-10-14)27-8-7-19-18(12-27)21(26-13-25-19)24-11-16-4-5-17(22)9-15(16)2/h3-6,9-10,13H,7-8,11-12H2,1-2H3,(H,24,25,26). The van der Waals surface area contributed by atoms with E-state index in [1.54, 1.807) is 6.33 Å². The summed E-state index contributed by atoms with van der Waals surface area (Å²) in [5.74, 6) is 1.89. The van der Waals surface area contributed by atoms with Gasteiger partial charge in [0, 0.05) is 42.8 Å². The monoisotopic (exact) mass is 379 g/mol. The summed E-state index contributed by atoms with van der Waals surface area (Å²) in [6.07, 6.45) is 4.45. The van der Waals surface area contributed by atoms with Gasteiger partial charge in [-0.25, -0.2) is 15.0 Å². The fraction of sp³-hybridized carbons (Fsp3) is 0.286. The Balaban J connectivity index is 1.55. The van der Waals surface area contributed by atoms with Crippen LogP contribution >= 0.6 is 11.6 Å². The lowest BCUT2D eigenvalue weighted by Crippen LogP contribution is -2.32. The number of hydrogen-bond donors (Lipinski definition) is 1. The lowest BCUT2D eigenvalue weighted by atomic mass is 10.1. The summed E-state index contributed by atoms with van der Waals surface area (Å²) in [6, 6.07) is 10.1. The molecule has 0 bridgehead atoms. The maximum atomic E-state index is 6.06. The molecule has 0 saturated carbocycles. The number of fused-ring (bicyclic) bond motifs is 1. The van der Waals surface area contributed by atoms with Crippen LogP contribution in [0.2, 0.25) is 5.02 Å². The van der Waals surface area contributed by atoms with Crippen molar-refractivity contribution in [2.45, 2.75) is 33.4 Å². The number of anilines is 2. The number of pyridine rings is 1. The first-order chi connectivity index (χ1) is 13.1. The van der Waals surface area contributed by atoms with Crippen LogP contribution in [0.3, 0.4) is 0 Å². The first-order valence-electron chi connectivity index (χ1n) is 9.09. The largest absolute Gasteiger partial charge is 0.366 e. The van der Waals surface area contributed by atoms with Crippen molar-refractivity contribution in [3.63, 3.8) is 0 Å². The van der Waals surface area contributed by atoms with Crippen LogP contribution < -0.4 is 10.2 Å². The third-order valence-electron chi connectivity index (χ3n) is 4.97. The molecule has 6 heteroatoms. The number of aryl methyl sites for hydroxylation is 2. The van der Waals surface area contributed by atoms with E-state index < -0.39 is 0 Å². The molecule has 2 aromatic heterocycles. The number of nitrogens with one attached hydrogen (secondary N) is 1. The van der Waals surface area contributed by atoms with Crippen LogP contribution in [0.1, 0.15) is 27.9 Å². The van der Waals surface area contributed by atoms with Crippen molar-refractivity contribution < 1.29 is 0 Å². The molecule has 0 spiro atoms. The van der Waals surface area contributed by atoms with Crippen molar-refractivity contribution in [2.24, 2.45) is 0 Å². The Labute approximate surface area is 164 Å². The van der Waals surface area contributed by atoms with Gasteiger partial charge in [0.25, 0.3) is 0 Å². The quantitative estimate of drug-likeness (QED) is 0.731. The molecule has 4 rings (SSSR count). The van der Waals surface area contributed by atoms with E-state index in [-0.39, 0.29) is 0 Å². The zero-order chi connectivity index (χ0) is 18.8. The molecule has 138 valence electrons. The second-order valence-corrected chi connectivity index (χ2v) is 7.37. The van der Waals surface area contributed by atoms with Crippen molar-refractivity contribution in [3.05, 3.63) is 75.8 Å². The summed E-state index contributed by atoms with van der Waals surface area (Å²) >= 11 is 6.06. The van der Waals surface area contributed by atoms with Crippen LogP contribution in [-0.2, 0) is 19.5 Å². The molecule has 1 aliphatic heterocycles. The molecule has 1 aliphatic rings. The first-order valence-corrected chi connectivity index (χ1v) is 9.47. The van der Waals surface area contributed by atoms with Gasteiger partial charge in [-0.3, -0.25) is 0 Å². The molecule has 0 unspecified atom stereocenters. The minimum absolute atomic E-state index is 0.704. The Kier molecular flexibility index (Phi) is 4.94. The fourth-order valence-electron chi connectivity index (χ4n) is 3.37. The Hall–Kier alpha value is -2.66. The van der Waals surface area contributed by atoms with Gasteiger partial charge < -0.3 is 10.2 Å². The normalized spacial score (nSPS) is 13.4. The van der Waals surface area contributed by atoms with Gasteiger partial charge in [0.1, 0.15) is 18.0 Å². The molecule has 0 radical (unpaired) electrons. The zero-order valence-electron chi connectivity index (χ0n) is 15.5. The topological polar surface area (TPSA) is 53.9 Å². The molecule has 0 fully saturated rings. The van der Waals surface area contributed by atoms with Crippen molar-refractivity contribution in [1.82, 2.24) is 15.0 Å². The van der Waals surface area contributed by atoms with E-state index in [1.807, 2.05) is 18.3 Å². The second kappa shape index (κ2) is 7.53. The fourth-order valence-corrected chi connectivity index (χ4v) is 3.60. The predicted molar refractivity (Wildman–Crippen MR) is 109 cm³/mol. The highest BCUT2D eigenvalue weighted by Gasteiger charge is 2.22. The zero-order valence-corrected chi connectivity index (χ0v) is 16.3. The number of rotatable bonds is 4. The lowest BCUT2D eigenvalue weighted by molar-refractivity contribution is 0.697. The molecule has 5 nitrogen and oxygen atoms in total. The van der Waals surface area contributed by atoms with Crippen LogP contribution in [0, 0.1) is 13.8 Å². The van der Waals surface area contributed by atoms with Gasteiger partial charge in [0.2, 0.25) is 0 Å². The SMILES string of the molecule is Cc1ccc(N2CCc3ncnc(NCc4ccc(Cl)cc4C)c3C2)nc1. The van der Waals surface area contributed by atoms with Gasteiger partial charge in [-0.1, -0.05) is 23.7 Å². The summed E-state index contributed by atoms with van der Waals surface area (Å²) < 4.78 is 0. The van der Waals surface area contributed by atoms with Gasteiger partial charge in [0.05, 0.1) is 5.69 Å². The van der Waals surface area contributed by atoms with Crippen molar-refractivity contribution in [3.8, 4) is 0 Å². The highest BCUT2D eigenvalue weighted by molar-refractivity contribution is 6.30. The van der Waals surface area contributed by atoms with Crippen LogP contribution in [0.25, 0.3) is 0 Å². The molecule has 3 aromatic rings. The highest BCUT2D eigenvalue weighted by atomic mass is 35.5. The maximum absolute atomic E-state index is 6.06. The summed E-state index contributed by atoms with van der Waals surface area (Å²) in [4.78, 5) is 15.8. The van der Waals surface area contributed by atoms with Gasteiger partial charge in [0.15, 0.2) is 0 Å². The number of halogens is 1. The lowest BCUT2D eigenvalue weighted by Gasteiger charge is -2.30. The summed E-state index contributed by atoms with van der Waals surface area (Å²) in [5.41, 5.74) is 5.81. The molecule has 1 N–H and O–H groups in total. The van der Waals surface area contributed by atoms with Crippen LogP contribution in [0.4, 0.5) is 11.6 Å². The molecule has 3 heterocycles. The second-order valence-electron chi connectivity index (χ2n) is 6.94. The third-order valence-corrected chi connectivity index (χ3v) is 5.21. The predicted octanol–water partition coefficient (Wildman–Crippen LogP) is 4.32. The van der Waals surface area contributed by atoms with E-state index in [4.69, 9.17) is 11.6 Å². The van der Waals surface area contributed by atoms with Crippen molar-refractivity contribution in [2.75, 3.05) is 16.8 Å². The first kappa shape index (κ1) is 17.7. The maximum Gasteiger partial charge on any atom is 0.134 e. The Morgan fingerprint density at radius 3 is 2.78 bits per heavy atom. The summed E-state index contributed by atoms with van der Waals surface area (Å²) in [6.45, 7) is 6.50. The minimum atomic E-state index is 0.704. The number of hydrogen-bond acceptors (Lipinski definition) is 5. The van der Waals surface area contributed by atoms with E-state index in [9.17, 15) is 0 Å². The average molecular weight is 380 g/mol. The number of aromatic nitrogens is 3. The molecule has 0 atom stereocenters. The van der Waals surface area contributed by atoms with Crippen LogP contribution in [-0.4, -0.2) is 21.5 Å². The Morgan fingerprint density at radius 2 is 2.00 bits per heavy atom. The van der Waals surface area contributed by atoms with E-state index in [2.05, 4.69) is 57.2 Å². The van der Waals surface area contributed by atoms with E-state index in [0.29, 0.717) is 6.54 Å². The van der Waals surface area contributed by atoms with Crippen LogP contribution in [0.15, 0.2) is 42.9 Å². The van der Waals surface area contributed by atoms with E-state index >= 15 is 0 Å². The molecule has 27 heavy (non-hydrogen) atoms. The molecule has 1 aromatic carbocycles.